The van der Waals surface area contributed by atoms with Gasteiger partial charge in [0.15, 0.2) is 16.7 Å². The molecule has 7 nitrogen and oxygen atoms in total. The summed E-state index contributed by atoms with van der Waals surface area (Å²) in [6.45, 7) is 1.78. The molecule has 0 saturated carbocycles. The molecule has 122 valence electrons. The van der Waals surface area contributed by atoms with E-state index in [1.807, 2.05) is 13.1 Å². The van der Waals surface area contributed by atoms with E-state index in [1.165, 1.54) is 23.1 Å². The standard InChI is InChI=1S/C15H13N5O2S2/c1-9(13(21)17-14-10(8-16)5-7-23-14)24-15-19-18-12(20(15)2)11-4-3-6-22-11/h3-7,9H,1-2H3,(H,17,21)/t9-/m0/s1. The first-order valence-electron chi connectivity index (χ1n) is 6.98. The molecule has 0 radical (unpaired) electrons. The number of amides is 1. The topological polar surface area (TPSA) is 96.7 Å². The maximum absolute atomic E-state index is 12.3. The minimum absolute atomic E-state index is 0.193. The molecule has 1 N–H and O–H groups in total. The van der Waals surface area contributed by atoms with Crippen molar-refractivity contribution in [3.63, 3.8) is 0 Å². The first-order valence-corrected chi connectivity index (χ1v) is 8.74. The van der Waals surface area contributed by atoms with Crippen LogP contribution in [-0.2, 0) is 11.8 Å². The van der Waals surface area contributed by atoms with Crippen molar-refractivity contribution in [1.29, 1.82) is 5.26 Å². The molecule has 1 amide bonds. The van der Waals surface area contributed by atoms with E-state index in [0.29, 0.717) is 27.3 Å². The number of hydrogen-bond acceptors (Lipinski definition) is 7. The zero-order valence-corrected chi connectivity index (χ0v) is 14.5. The molecule has 24 heavy (non-hydrogen) atoms. The van der Waals surface area contributed by atoms with E-state index in [-0.39, 0.29) is 5.91 Å². The third-order valence-electron chi connectivity index (χ3n) is 3.25. The Balaban J connectivity index is 1.70. The van der Waals surface area contributed by atoms with Gasteiger partial charge in [0.25, 0.3) is 0 Å². The average Bonchev–Trinajstić information content (AvgIpc) is 3.29. The molecule has 3 aromatic rings. The fourth-order valence-electron chi connectivity index (χ4n) is 1.96. The van der Waals surface area contributed by atoms with Gasteiger partial charge in [-0.1, -0.05) is 11.8 Å². The lowest BCUT2D eigenvalue weighted by Crippen LogP contribution is -2.22. The summed E-state index contributed by atoms with van der Waals surface area (Å²) >= 11 is 2.61. The molecular weight excluding hydrogens is 346 g/mol. The first-order chi connectivity index (χ1) is 11.6. The second-order valence-corrected chi connectivity index (χ2v) is 7.09. The Bertz CT molecular complexity index is 892. The Morgan fingerprint density at radius 3 is 3.04 bits per heavy atom. The highest BCUT2D eigenvalue weighted by Gasteiger charge is 2.21. The molecule has 3 heterocycles. The molecule has 0 saturated heterocycles. The second kappa shape index (κ2) is 6.90. The number of nitrogens with one attached hydrogen (secondary N) is 1. The van der Waals surface area contributed by atoms with Crippen molar-refractivity contribution in [3.05, 3.63) is 35.4 Å². The Hall–Kier alpha value is -2.57. The van der Waals surface area contributed by atoms with Crippen LogP contribution in [0.5, 0.6) is 0 Å². The molecule has 0 bridgehead atoms. The van der Waals surface area contributed by atoms with E-state index in [2.05, 4.69) is 15.5 Å². The van der Waals surface area contributed by atoms with E-state index in [1.54, 1.807) is 41.3 Å². The molecule has 0 aliphatic carbocycles. The molecule has 0 spiro atoms. The monoisotopic (exact) mass is 359 g/mol. The van der Waals surface area contributed by atoms with Crippen molar-refractivity contribution >= 4 is 34.0 Å². The number of nitrogens with zero attached hydrogens (tertiary/aromatic N) is 4. The number of carbonyl (C=O) groups excluding carboxylic acids is 1. The van der Waals surface area contributed by atoms with Gasteiger partial charge in [-0.25, -0.2) is 0 Å². The van der Waals surface area contributed by atoms with Gasteiger partial charge in [0, 0.05) is 7.05 Å². The van der Waals surface area contributed by atoms with Crippen LogP contribution >= 0.6 is 23.1 Å². The van der Waals surface area contributed by atoms with Crippen molar-refractivity contribution in [2.24, 2.45) is 7.05 Å². The van der Waals surface area contributed by atoms with Gasteiger partial charge in [0.1, 0.15) is 11.1 Å². The minimum Gasteiger partial charge on any atom is -0.461 e. The third kappa shape index (κ3) is 3.20. The van der Waals surface area contributed by atoms with Crippen molar-refractivity contribution < 1.29 is 9.21 Å². The van der Waals surface area contributed by atoms with Crippen LogP contribution < -0.4 is 5.32 Å². The Morgan fingerprint density at radius 1 is 1.50 bits per heavy atom. The van der Waals surface area contributed by atoms with Gasteiger partial charge >= 0.3 is 0 Å². The van der Waals surface area contributed by atoms with Crippen LogP contribution in [0.15, 0.2) is 39.4 Å². The Morgan fingerprint density at radius 2 is 2.33 bits per heavy atom. The number of hydrogen-bond donors (Lipinski definition) is 1. The van der Waals surface area contributed by atoms with Crippen molar-refractivity contribution in [1.82, 2.24) is 14.8 Å². The van der Waals surface area contributed by atoms with Crippen LogP contribution in [0.4, 0.5) is 5.00 Å². The maximum Gasteiger partial charge on any atom is 0.238 e. The lowest BCUT2D eigenvalue weighted by Gasteiger charge is -2.10. The van der Waals surface area contributed by atoms with E-state index >= 15 is 0 Å². The summed E-state index contributed by atoms with van der Waals surface area (Å²) in [7, 11) is 1.82. The molecule has 3 aromatic heterocycles. The summed E-state index contributed by atoms with van der Waals surface area (Å²) in [5, 5.41) is 22.5. The lowest BCUT2D eigenvalue weighted by molar-refractivity contribution is -0.115. The smallest absolute Gasteiger partial charge is 0.238 e. The van der Waals surface area contributed by atoms with E-state index in [0.717, 1.165) is 0 Å². The highest BCUT2D eigenvalue weighted by Crippen LogP contribution is 2.28. The molecule has 3 rings (SSSR count). The fourth-order valence-corrected chi connectivity index (χ4v) is 3.51. The molecular formula is C15H13N5O2S2. The number of aromatic nitrogens is 3. The molecule has 0 aliphatic rings. The molecule has 0 aromatic carbocycles. The molecule has 9 heteroatoms. The Labute approximate surface area is 146 Å². The number of thioether (sulfide) groups is 1. The third-order valence-corrected chi connectivity index (χ3v) is 5.21. The number of thiophene rings is 1. The van der Waals surface area contributed by atoms with Crippen LogP contribution in [0.3, 0.4) is 0 Å². The number of furan rings is 1. The van der Waals surface area contributed by atoms with Crippen LogP contribution in [0.25, 0.3) is 11.6 Å². The summed E-state index contributed by atoms with van der Waals surface area (Å²) in [4.78, 5) is 12.3. The predicted octanol–water partition coefficient (Wildman–Crippen LogP) is 3.13. The highest BCUT2D eigenvalue weighted by molar-refractivity contribution is 8.00. The van der Waals surface area contributed by atoms with Crippen LogP contribution in [-0.4, -0.2) is 25.9 Å². The molecule has 0 aliphatic heterocycles. The van der Waals surface area contributed by atoms with Crippen LogP contribution in [0, 0.1) is 11.3 Å². The zero-order valence-electron chi connectivity index (χ0n) is 12.9. The van der Waals surface area contributed by atoms with Crippen LogP contribution in [0.1, 0.15) is 12.5 Å². The molecule has 0 unspecified atom stereocenters. The summed E-state index contributed by atoms with van der Waals surface area (Å²) in [5.41, 5.74) is 0.462. The van der Waals surface area contributed by atoms with Gasteiger partial charge in [-0.2, -0.15) is 5.26 Å². The summed E-state index contributed by atoms with van der Waals surface area (Å²) in [5.74, 6) is 1.02. The second-order valence-electron chi connectivity index (χ2n) is 4.87. The number of anilines is 1. The highest BCUT2D eigenvalue weighted by atomic mass is 32.2. The largest absolute Gasteiger partial charge is 0.461 e. The summed E-state index contributed by atoms with van der Waals surface area (Å²) < 4.78 is 7.10. The number of nitriles is 1. The van der Waals surface area contributed by atoms with Crippen molar-refractivity contribution in [2.75, 3.05) is 5.32 Å². The van der Waals surface area contributed by atoms with Crippen molar-refractivity contribution in [2.45, 2.75) is 17.3 Å². The predicted molar refractivity (Wildman–Crippen MR) is 91.7 cm³/mol. The zero-order chi connectivity index (χ0) is 17.1. The summed E-state index contributed by atoms with van der Waals surface area (Å²) in [6, 6.07) is 7.31. The van der Waals surface area contributed by atoms with Gasteiger partial charge < -0.3 is 14.3 Å². The van der Waals surface area contributed by atoms with Gasteiger partial charge in [-0.3, -0.25) is 4.79 Å². The van der Waals surface area contributed by atoms with Crippen LogP contribution in [0.2, 0.25) is 0 Å². The quantitative estimate of drug-likeness (QED) is 0.703. The van der Waals surface area contributed by atoms with Crippen molar-refractivity contribution in [3.8, 4) is 17.7 Å². The maximum atomic E-state index is 12.3. The summed E-state index contributed by atoms with van der Waals surface area (Å²) in [6.07, 6.45) is 1.57. The normalized spacial score (nSPS) is 11.9. The lowest BCUT2D eigenvalue weighted by atomic mass is 10.3. The fraction of sp³-hybridized carbons (Fsp3) is 0.200. The van der Waals surface area contributed by atoms with E-state index < -0.39 is 5.25 Å². The van der Waals surface area contributed by atoms with Gasteiger partial charge in [-0.15, -0.1) is 21.5 Å². The van der Waals surface area contributed by atoms with E-state index in [9.17, 15) is 4.79 Å². The van der Waals surface area contributed by atoms with E-state index in [4.69, 9.17) is 9.68 Å². The SMILES string of the molecule is C[C@H](Sc1nnc(-c2ccco2)n1C)C(=O)Nc1sccc1C#N. The number of carbonyl (C=O) groups is 1. The molecule has 1 atom stereocenters. The van der Waals surface area contributed by atoms with Gasteiger partial charge in [0.05, 0.1) is 17.1 Å². The first kappa shape index (κ1) is 16.3. The molecule has 0 fully saturated rings. The van der Waals surface area contributed by atoms with Gasteiger partial charge in [-0.05, 0) is 30.5 Å². The number of rotatable bonds is 5. The van der Waals surface area contributed by atoms with Gasteiger partial charge in [0.2, 0.25) is 5.91 Å². The average molecular weight is 359 g/mol. The minimum atomic E-state index is -0.397. The Kier molecular flexibility index (Phi) is 4.69.